The Kier molecular flexibility index (Phi) is 4.24. The van der Waals surface area contributed by atoms with Gasteiger partial charge in [-0.15, -0.1) is 0 Å². The molecule has 0 bridgehead atoms. The quantitative estimate of drug-likeness (QED) is 0.863. The number of nitrogens with one attached hydrogen (secondary N) is 1. The summed E-state index contributed by atoms with van der Waals surface area (Å²) in [5.41, 5.74) is 0. The molecule has 1 rings (SSSR count). The maximum absolute atomic E-state index is 11.7. The summed E-state index contributed by atoms with van der Waals surface area (Å²) in [6.07, 6.45) is 2.08. The number of aromatic nitrogens is 1. The highest BCUT2D eigenvalue weighted by Crippen LogP contribution is 2.11. The predicted molar refractivity (Wildman–Crippen MR) is 62.0 cm³/mol. The van der Waals surface area contributed by atoms with Gasteiger partial charge in [-0.1, -0.05) is 6.92 Å². The zero-order valence-corrected chi connectivity index (χ0v) is 11.0. The molecular formula is C9H13BrN2O2S. The molecule has 1 aromatic heterocycles. The Balaban J connectivity index is 2.91. The minimum atomic E-state index is -3.42. The van der Waals surface area contributed by atoms with Crippen molar-refractivity contribution in [1.29, 1.82) is 0 Å². The second kappa shape index (κ2) is 5.05. The lowest BCUT2D eigenvalue weighted by atomic mass is 10.3. The van der Waals surface area contributed by atoms with E-state index in [0.717, 1.165) is 6.42 Å². The van der Waals surface area contributed by atoms with Crippen LogP contribution in [0.25, 0.3) is 0 Å². The lowest BCUT2D eigenvalue weighted by Gasteiger charge is -2.11. The third-order valence-corrected chi connectivity index (χ3v) is 4.02. The van der Waals surface area contributed by atoms with Crippen molar-refractivity contribution in [1.82, 2.24) is 9.71 Å². The zero-order valence-electron chi connectivity index (χ0n) is 8.57. The summed E-state index contributed by atoms with van der Waals surface area (Å²) in [7, 11) is -3.42. The van der Waals surface area contributed by atoms with Crippen LogP contribution in [0.5, 0.6) is 0 Å². The van der Waals surface area contributed by atoms with Crippen LogP contribution in [0.2, 0.25) is 0 Å². The van der Waals surface area contributed by atoms with Crippen LogP contribution < -0.4 is 4.72 Å². The van der Waals surface area contributed by atoms with Crippen LogP contribution in [0, 0.1) is 0 Å². The predicted octanol–water partition coefficient (Wildman–Crippen LogP) is 1.92. The van der Waals surface area contributed by atoms with Crippen molar-refractivity contribution in [3.8, 4) is 0 Å². The Morgan fingerprint density at radius 1 is 1.53 bits per heavy atom. The van der Waals surface area contributed by atoms with Crippen LogP contribution >= 0.6 is 15.9 Å². The molecule has 0 amide bonds. The van der Waals surface area contributed by atoms with E-state index in [9.17, 15) is 8.42 Å². The minimum Gasteiger partial charge on any atom is -0.248 e. The summed E-state index contributed by atoms with van der Waals surface area (Å²) in [5.74, 6) is 0. The molecule has 1 N–H and O–H groups in total. The normalized spacial score (nSPS) is 13.8. The van der Waals surface area contributed by atoms with Gasteiger partial charge in [-0.05, 0) is 41.4 Å². The molecule has 0 aliphatic rings. The Hall–Kier alpha value is -0.460. The highest BCUT2D eigenvalue weighted by atomic mass is 79.9. The number of pyridine rings is 1. The van der Waals surface area contributed by atoms with Crippen molar-refractivity contribution in [3.05, 3.63) is 22.9 Å². The van der Waals surface area contributed by atoms with Crippen LogP contribution in [-0.2, 0) is 10.0 Å². The van der Waals surface area contributed by atoms with E-state index >= 15 is 0 Å². The van der Waals surface area contributed by atoms with Gasteiger partial charge in [-0.3, -0.25) is 0 Å². The second-order valence-corrected chi connectivity index (χ2v) is 5.77. The first kappa shape index (κ1) is 12.6. The first-order valence-corrected chi connectivity index (χ1v) is 6.87. The lowest BCUT2D eigenvalue weighted by Crippen LogP contribution is -2.32. The molecule has 1 unspecified atom stereocenters. The van der Waals surface area contributed by atoms with Gasteiger partial charge in [0.05, 0.1) is 0 Å². The number of halogens is 1. The van der Waals surface area contributed by atoms with Crippen molar-refractivity contribution in [2.24, 2.45) is 0 Å². The highest BCUT2D eigenvalue weighted by molar-refractivity contribution is 9.10. The number of hydrogen-bond donors (Lipinski definition) is 1. The standard InChI is InChI=1S/C9H13BrN2O2S/c1-3-7(2)12-15(13,14)8-4-5-9(10)11-6-8/h4-7,12H,3H2,1-2H3. The SMILES string of the molecule is CCC(C)NS(=O)(=O)c1ccc(Br)nc1. The van der Waals surface area contributed by atoms with E-state index in [1.54, 1.807) is 6.07 Å². The van der Waals surface area contributed by atoms with E-state index in [1.807, 2.05) is 13.8 Å². The van der Waals surface area contributed by atoms with Crippen molar-refractivity contribution >= 4 is 26.0 Å². The van der Waals surface area contributed by atoms with E-state index < -0.39 is 10.0 Å². The van der Waals surface area contributed by atoms with Gasteiger partial charge in [0, 0.05) is 12.2 Å². The Labute approximate surface area is 98.3 Å². The van der Waals surface area contributed by atoms with Gasteiger partial charge in [0.2, 0.25) is 10.0 Å². The van der Waals surface area contributed by atoms with Gasteiger partial charge in [-0.25, -0.2) is 18.1 Å². The Bertz CT molecular complexity index is 416. The molecule has 1 aromatic rings. The molecule has 0 aliphatic heterocycles. The maximum Gasteiger partial charge on any atom is 0.242 e. The summed E-state index contributed by atoms with van der Waals surface area (Å²) >= 11 is 3.15. The van der Waals surface area contributed by atoms with Crippen LogP contribution in [0.15, 0.2) is 27.8 Å². The average molecular weight is 293 g/mol. The van der Waals surface area contributed by atoms with E-state index in [1.165, 1.54) is 12.3 Å². The smallest absolute Gasteiger partial charge is 0.242 e. The minimum absolute atomic E-state index is 0.0707. The molecule has 0 aromatic carbocycles. The third kappa shape index (κ3) is 3.55. The fourth-order valence-corrected chi connectivity index (χ4v) is 2.44. The third-order valence-electron chi connectivity index (χ3n) is 1.98. The molecule has 0 saturated heterocycles. The molecule has 15 heavy (non-hydrogen) atoms. The highest BCUT2D eigenvalue weighted by Gasteiger charge is 2.16. The summed E-state index contributed by atoms with van der Waals surface area (Å²) in [6, 6.07) is 3.05. The van der Waals surface area contributed by atoms with Gasteiger partial charge in [0.25, 0.3) is 0 Å². The van der Waals surface area contributed by atoms with E-state index in [-0.39, 0.29) is 10.9 Å². The van der Waals surface area contributed by atoms with E-state index in [2.05, 4.69) is 25.6 Å². The molecule has 84 valence electrons. The van der Waals surface area contributed by atoms with Crippen molar-refractivity contribution in [2.45, 2.75) is 31.2 Å². The van der Waals surface area contributed by atoms with Crippen molar-refractivity contribution in [3.63, 3.8) is 0 Å². The average Bonchev–Trinajstić information content (AvgIpc) is 2.17. The van der Waals surface area contributed by atoms with Gasteiger partial charge in [-0.2, -0.15) is 0 Å². The van der Waals surface area contributed by atoms with Gasteiger partial charge in [0.1, 0.15) is 9.50 Å². The van der Waals surface area contributed by atoms with Crippen LogP contribution in [-0.4, -0.2) is 19.4 Å². The first-order chi connectivity index (χ1) is 6.95. The molecule has 0 saturated carbocycles. The summed E-state index contributed by atoms with van der Waals surface area (Å²) in [4.78, 5) is 4.06. The van der Waals surface area contributed by atoms with Gasteiger partial charge in [0.15, 0.2) is 0 Å². The fraction of sp³-hybridized carbons (Fsp3) is 0.444. The molecule has 6 heteroatoms. The molecule has 0 aliphatic carbocycles. The molecular weight excluding hydrogens is 280 g/mol. The summed E-state index contributed by atoms with van der Waals surface area (Å²) < 4.78 is 26.7. The maximum atomic E-state index is 11.7. The van der Waals surface area contributed by atoms with Crippen LogP contribution in [0.1, 0.15) is 20.3 Å². The molecule has 0 fully saturated rings. The Morgan fingerprint density at radius 2 is 2.20 bits per heavy atom. The van der Waals surface area contributed by atoms with E-state index in [0.29, 0.717) is 4.60 Å². The summed E-state index contributed by atoms with van der Waals surface area (Å²) in [5, 5.41) is 0. The van der Waals surface area contributed by atoms with Gasteiger partial charge >= 0.3 is 0 Å². The fourth-order valence-electron chi connectivity index (χ4n) is 0.937. The zero-order chi connectivity index (χ0) is 11.5. The molecule has 4 nitrogen and oxygen atoms in total. The van der Waals surface area contributed by atoms with Gasteiger partial charge < -0.3 is 0 Å². The van der Waals surface area contributed by atoms with E-state index in [4.69, 9.17) is 0 Å². The monoisotopic (exact) mass is 292 g/mol. The topological polar surface area (TPSA) is 59.1 Å². The largest absolute Gasteiger partial charge is 0.248 e. The lowest BCUT2D eigenvalue weighted by molar-refractivity contribution is 0.555. The second-order valence-electron chi connectivity index (χ2n) is 3.25. The summed E-state index contributed by atoms with van der Waals surface area (Å²) in [6.45, 7) is 3.75. The number of nitrogens with zero attached hydrogens (tertiary/aromatic N) is 1. The van der Waals surface area contributed by atoms with Crippen molar-refractivity contribution in [2.75, 3.05) is 0 Å². The molecule has 1 atom stereocenters. The number of hydrogen-bond acceptors (Lipinski definition) is 3. The molecule has 0 radical (unpaired) electrons. The van der Waals surface area contributed by atoms with Crippen LogP contribution in [0.3, 0.4) is 0 Å². The van der Waals surface area contributed by atoms with Crippen LogP contribution in [0.4, 0.5) is 0 Å². The molecule has 1 heterocycles. The Morgan fingerprint density at radius 3 is 2.67 bits per heavy atom. The number of sulfonamides is 1. The van der Waals surface area contributed by atoms with Crippen molar-refractivity contribution < 1.29 is 8.42 Å². The first-order valence-electron chi connectivity index (χ1n) is 4.59. The molecule has 0 spiro atoms. The number of rotatable bonds is 4.